The average molecular weight is 417 g/mol. The van der Waals surface area contributed by atoms with Crippen LogP contribution in [0.4, 0.5) is 5.69 Å². The summed E-state index contributed by atoms with van der Waals surface area (Å²) < 4.78 is 31.6. The molecule has 3 rings (SSSR count). The molecule has 0 unspecified atom stereocenters. The van der Waals surface area contributed by atoms with Crippen LogP contribution < -0.4 is 14.4 Å². The summed E-state index contributed by atoms with van der Waals surface area (Å²) in [5.41, 5.74) is 2.79. The van der Waals surface area contributed by atoms with Crippen molar-refractivity contribution in [1.29, 1.82) is 0 Å². The van der Waals surface area contributed by atoms with Crippen LogP contribution in [-0.4, -0.2) is 33.2 Å². The lowest BCUT2D eigenvalue weighted by Crippen LogP contribution is -2.49. The number of sulfonamides is 1. The Morgan fingerprint density at radius 2 is 1.90 bits per heavy atom. The summed E-state index contributed by atoms with van der Waals surface area (Å²) in [5, 5.41) is 3.06. The highest BCUT2D eigenvalue weighted by atomic mass is 32.2. The number of anilines is 1. The fourth-order valence-corrected chi connectivity index (χ4v) is 5.04. The van der Waals surface area contributed by atoms with Crippen molar-refractivity contribution < 1.29 is 17.9 Å². The molecule has 0 saturated heterocycles. The van der Waals surface area contributed by atoms with Gasteiger partial charge in [0.1, 0.15) is 11.8 Å². The van der Waals surface area contributed by atoms with Crippen molar-refractivity contribution in [3.63, 3.8) is 0 Å². The molecule has 2 aromatic rings. The van der Waals surface area contributed by atoms with E-state index in [1.165, 1.54) is 5.56 Å². The van der Waals surface area contributed by atoms with Gasteiger partial charge in [0, 0.05) is 0 Å². The summed E-state index contributed by atoms with van der Waals surface area (Å²) in [4.78, 5) is 13.0. The van der Waals surface area contributed by atoms with Crippen molar-refractivity contribution in [2.75, 3.05) is 17.2 Å². The number of aryl methyl sites for hydroxylation is 1. The zero-order valence-corrected chi connectivity index (χ0v) is 17.9. The number of rotatable bonds is 7. The highest BCUT2D eigenvalue weighted by molar-refractivity contribution is 7.92. The predicted octanol–water partition coefficient (Wildman–Crippen LogP) is 3.43. The third kappa shape index (κ3) is 4.90. The molecule has 156 valence electrons. The molecule has 2 aromatic carbocycles. The highest BCUT2D eigenvalue weighted by Crippen LogP contribution is 2.30. The summed E-state index contributed by atoms with van der Waals surface area (Å²) in [6.45, 7) is 4.02. The van der Waals surface area contributed by atoms with E-state index in [0.29, 0.717) is 18.0 Å². The smallest absolute Gasteiger partial charge is 0.244 e. The number of hydrogen-bond acceptors (Lipinski definition) is 4. The number of fused-ring (bicyclic) bond motifs is 1. The third-order valence-corrected chi connectivity index (χ3v) is 6.42. The normalized spacial score (nSPS) is 17.1. The molecule has 1 aliphatic rings. The van der Waals surface area contributed by atoms with Crippen LogP contribution >= 0.6 is 0 Å². The third-order valence-electron chi connectivity index (χ3n) is 5.18. The Balaban J connectivity index is 1.81. The molecule has 1 amide bonds. The second kappa shape index (κ2) is 8.86. The number of benzene rings is 2. The first kappa shape index (κ1) is 21.2. The first-order chi connectivity index (χ1) is 13.8. The van der Waals surface area contributed by atoms with Crippen LogP contribution in [0.5, 0.6) is 5.75 Å². The minimum absolute atomic E-state index is 0.100. The number of ether oxygens (including phenoxy) is 1. The maximum absolute atomic E-state index is 13.0. The Hall–Kier alpha value is -2.54. The van der Waals surface area contributed by atoms with Crippen molar-refractivity contribution in [2.24, 2.45) is 0 Å². The molecule has 0 aliphatic heterocycles. The number of nitrogens with one attached hydrogen (secondary N) is 1. The van der Waals surface area contributed by atoms with Crippen molar-refractivity contribution in [3.8, 4) is 5.75 Å². The molecule has 0 radical (unpaired) electrons. The molecular weight excluding hydrogens is 388 g/mol. The first-order valence-corrected chi connectivity index (χ1v) is 11.8. The van der Waals surface area contributed by atoms with Gasteiger partial charge in [0.15, 0.2) is 0 Å². The van der Waals surface area contributed by atoms with Crippen LogP contribution in [0.25, 0.3) is 0 Å². The highest BCUT2D eigenvalue weighted by Gasteiger charge is 2.31. The van der Waals surface area contributed by atoms with E-state index in [0.717, 1.165) is 35.4 Å². The van der Waals surface area contributed by atoms with Gasteiger partial charge >= 0.3 is 0 Å². The summed E-state index contributed by atoms with van der Waals surface area (Å²) in [6.07, 6.45) is 3.95. The van der Waals surface area contributed by atoms with E-state index >= 15 is 0 Å². The lowest BCUT2D eigenvalue weighted by Gasteiger charge is -2.31. The largest absolute Gasteiger partial charge is 0.494 e. The van der Waals surface area contributed by atoms with Gasteiger partial charge < -0.3 is 10.1 Å². The van der Waals surface area contributed by atoms with Crippen molar-refractivity contribution >= 4 is 21.6 Å². The number of nitrogens with zero attached hydrogens (tertiary/aromatic N) is 1. The van der Waals surface area contributed by atoms with Gasteiger partial charge in [0.05, 0.1) is 24.6 Å². The van der Waals surface area contributed by atoms with Crippen LogP contribution in [0.3, 0.4) is 0 Å². The molecule has 1 N–H and O–H groups in total. The second-order valence-corrected chi connectivity index (χ2v) is 9.17. The SMILES string of the molecule is CCOc1ccc(N([C@@H](C)C(=O)N[C@H]2CCCc3ccccc32)S(C)(=O)=O)cc1. The van der Waals surface area contributed by atoms with E-state index in [1.807, 2.05) is 25.1 Å². The minimum Gasteiger partial charge on any atom is -0.494 e. The minimum atomic E-state index is -3.66. The molecule has 0 aromatic heterocycles. The number of amides is 1. The van der Waals surface area contributed by atoms with E-state index in [1.54, 1.807) is 31.2 Å². The number of hydrogen-bond donors (Lipinski definition) is 1. The summed E-state index contributed by atoms with van der Waals surface area (Å²) >= 11 is 0. The molecule has 0 heterocycles. The Kier molecular flexibility index (Phi) is 6.47. The van der Waals surface area contributed by atoms with Gasteiger partial charge in [-0.3, -0.25) is 9.10 Å². The van der Waals surface area contributed by atoms with E-state index in [9.17, 15) is 13.2 Å². The van der Waals surface area contributed by atoms with Gasteiger partial charge in [0.2, 0.25) is 15.9 Å². The maximum atomic E-state index is 13.0. The van der Waals surface area contributed by atoms with Crippen LogP contribution in [0.1, 0.15) is 43.9 Å². The van der Waals surface area contributed by atoms with Gasteiger partial charge in [-0.25, -0.2) is 8.42 Å². The molecule has 6 nitrogen and oxygen atoms in total. The molecule has 0 saturated carbocycles. The molecule has 0 spiro atoms. The van der Waals surface area contributed by atoms with Crippen LogP contribution in [0.15, 0.2) is 48.5 Å². The monoisotopic (exact) mass is 416 g/mol. The van der Waals surface area contributed by atoms with Gasteiger partial charge in [-0.2, -0.15) is 0 Å². The van der Waals surface area contributed by atoms with E-state index in [4.69, 9.17) is 4.74 Å². The molecular formula is C22H28N2O4S. The van der Waals surface area contributed by atoms with Crippen LogP contribution in [0, 0.1) is 0 Å². The standard InChI is InChI=1S/C22H28N2O4S/c1-4-28-19-14-12-18(13-15-19)24(29(3,26)27)16(2)22(25)23-21-11-7-9-17-8-5-6-10-20(17)21/h5-6,8,10,12-16,21H,4,7,9,11H2,1-3H3,(H,23,25)/t16-,21-/m0/s1. The lowest BCUT2D eigenvalue weighted by atomic mass is 9.87. The average Bonchev–Trinajstić information content (AvgIpc) is 2.69. The molecule has 29 heavy (non-hydrogen) atoms. The van der Waals surface area contributed by atoms with Crippen LogP contribution in [-0.2, 0) is 21.2 Å². The number of carbonyl (C=O) groups is 1. The molecule has 7 heteroatoms. The summed E-state index contributed by atoms with van der Waals surface area (Å²) in [7, 11) is -3.66. The van der Waals surface area contributed by atoms with Crippen molar-refractivity contribution in [3.05, 3.63) is 59.7 Å². The number of carbonyl (C=O) groups excluding carboxylic acids is 1. The Bertz CT molecular complexity index is 957. The molecule has 0 bridgehead atoms. The van der Waals surface area contributed by atoms with Gasteiger partial charge in [-0.15, -0.1) is 0 Å². The predicted molar refractivity (Wildman–Crippen MR) is 115 cm³/mol. The zero-order chi connectivity index (χ0) is 21.0. The molecule has 1 aliphatic carbocycles. The van der Waals surface area contributed by atoms with Gasteiger partial charge in [-0.1, -0.05) is 24.3 Å². The maximum Gasteiger partial charge on any atom is 0.244 e. The van der Waals surface area contributed by atoms with Crippen molar-refractivity contribution in [2.45, 2.75) is 45.2 Å². The lowest BCUT2D eigenvalue weighted by molar-refractivity contribution is -0.122. The Morgan fingerprint density at radius 1 is 1.21 bits per heavy atom. The first-order valence-electron chi connectivity index (χ1n) is 9.91. The zero-order valence-electron chi connectivity index (χ0n) is 17.1. The topological polar surface area (TPSA) is 75.7 Å². The van der Waals surface area contributed by atoms with Crippen LogP contribution in [0.2, 0.25) is 0 Å². The fourth-order valence-electron chi connectivity index (χ4n) is 3.86. The molecule has 2 atom stereocenters. The quantitative estimate of drug-likeness (QED) is 0.750. The van der Waals surface area contributed by atoms with Crippen molar-refractivity contribution in [1.82, 2.24) is 5.32 Å². The molecule has 0 fully saturated rings. The van der Waals surface area contributed by atoms with E-state index < -0.39 is 16.1 Å². The fraction of sp³-hybridized carbons (Fsp3) is 0.409. The van der Waals surface area contributed by atoms with E-state index in [2.05, 4.69) is 11.4 Å². The van der Waals surface area contributed by atoms with Gasteiger partial charge in [0.25, 0.3) is 0 Å². The van der Waals surface area contributed by atoms with Gasteiger partial charge in [-0.05, 0) is 68.5 Å². The van der Waals surface area contributed by atoms with E-state index in [-0.39, 0.29) is 11.9 Å². The summed E-state index contributed by atoms with van der Waals surface area (Å²) in [6, 6.07) is 13.8. The Labute approximate surface area is 172 Å². The Morgan fingerprint density at radius 3 is 2.55 bits per heavy atom. The summed E-state index contributed by atoms with van der Waals surface area (Å²) in [5.74, 6) is 0.339. The second-order valence-electron chi connectivity index (χ2n) is 7.31.